The Labute approximate surface area is 160 Å². The number of carbonyl (C=O) groups excluding carboxylic acids is 1. The summed E-state index contributed by atoms with van der Waals surface area (Å²) in [7, 11) is 0. The second-order valence-corrected chi connectivity index (χ2v) is 7.36. The number of anilines is 2. The summed E-state index contributed by atoms with van der Waals surface area (Å²) in [5.74, 6) is 0.0513. The van der Waals surface area contributed by atoms with E-state index in [0.29, 0.717) is 0 Å². The van der Waals surface area contributed by atoms with Gasteiger partial charge in [0.25, 0.3) is 0 Å². The van der Waals surface area contributed by atoms with E-state index in [9.17, 15) is 4.79 Å². The van der Waals surface area contributed by atoms with Crippen LogP contribution in [0, 0.1) is 0 Å². The molecule has 0 spiro atoms. The van der Waals surface area contributed by atoms with E-state index in [1.165, 1.54) is 5.56 Å². The van der Waals surface area contributed by atoms with Gasteiger partial charge in [0.2, 0.25) is 5.91 Å². The van der Waals surface area contributed by atoms with Crippen molar-refractivity contribution in [1.82, 2.24) is 0 Å². The smallest absolute Gasteiger partial charge is 0.224 e. The van der Waals surface area contributed by atoms with Crippen molar-refractivity contribution in [1.29, 1.82) is 0 Å². The Hall–Kier alpha value is -3.07. The van der Waals surface area contributed by atoms with E-state index in [2.05, 4.69) is 54.7 Å². The normalized spacial score (nSPS) is 21.7. The summed E-state index contributed by atoms with van der Waals surface area (Å²) in [5.41, 5.74) is 3.97. The molecule has 1 N–H and O–H groups in total. The minimum Gasteiger partial charge on any atom is -0.374 e. The summed E-state index contributed by atoms with van der Waals surface area (Å²) in [6.07, 6.45) is 0.773. The lowest BCUT2D eigenvalue weighted by molar-refractivity contribution is -0.117. The fourth-order valence-corrected chi connectivity index (χ4v) is 4.11. The fraction of sp³-hybridized carbons (Fsp3) is 0.208. The van der Waals surface area contributed by atoms with Crippen LogP contribution in [-0.2, 0) is 10.3 Å². The zero-order chi connectivity index (χ0) is 18.9. The largest absolute Gasteiger partial charge is 0.374 e. The van der Waals surface area contributed by atoms with Gasteiger partial charge in [-0.2, -0.15) is 0 Å². The van der Waals surface area contributed by atoms with Gasteiger partial charge in [0.15, 0.2) is 0 Å². The Kier molecular flexibility index (Phi) is 4.44. The maximum Gasteiger partial charge on any atom is 0.224 e. The van der Waals surface area contributed by atoms with Crippen LogP contribution >= 0.6 is 0 Å². The molecule has 0 radical (unpaired) electrons. The second kappa shape index (κ2) is 6.92. The number of benzene rings is 3. The van der Waals surface area contributed by atoms with Gasteiger partial charge in [-0.25, -0.2) is 0 Å². The molecule has 3 aromatic carbocycles. The number of rotatable bonds is 2. The van der Waals surface area contributed by atoms with Gasteiger partial charge in [-0.1, -0.05) is 72.8 Å². The van der Waals surface area contributed by atoms with Gasteiger partial charge in [0, 0.05) is 6.92 Å². The Morgan fingerprint density at radius 3 is 2.19 bits per heavy atom. The molecular weight excluding hydrogens is 332 g/mol. The van der Waals surface area contributed by atoms with E-state index in [4.69, 9.17) is 0 Å². The van der Waals surface area contributed by atoms with Crippen molar-refractivity contribution in [3.63, 3.8) is 0 Å². The standard InChI is InChI=1S/C24H24N2O/c1-18(27)26-22-16-10-9-15-21(22)25-24(2,20-13-7-4-8-14-20)17-23(26)19-11-5-3-6-12-19/h3-16,23,25H,17H2,1-2H3. The summed E-state index contributed by atoms with van der Waals surface area (Å²) < 4.78 is 0. The molecule has 3 aromatic rings. The SMILES string of the molecule is CC(=O)N1c2ccccc2NC(C)(c2ccccc2)CC1c1ccccc1. The minimum absolute atomic E-state index is 0.0509. The van der Waals surface area contributed by atoms with E-state index >= 15 is 0 Å². The molecule has 2 unspecified atom stereocenters. The van der Waals surface area contributed by atoms with Gasteiger partial charge in [-0.3, -0.25) is 4.79 Å². The number of para-hydroxylation sites is 2. The molecule has 1 amide bonds. The molecule has 2 atom stereocenters. The van der Waals surface area contributed by atoms with Gasteiger partial charge >= 0.3 is 0 Å². The molecule has 0 aromatic heterocycles. The van der Waals surface area contributed by atoms with Crippen molar-refractivity contribution in [2.45, 2.75) is 31.8 Å². The highest BCUT2D eigenvalue weighted by atomic mass is 16.2. The number of amides is 1. The van der Waals surface area contributed by atoms with Crippen molar-refractivity contribution >= 4 is 17.3 Å². The summed E-state index contributed by atoms with van der Waals surface area (Å²) in [5, 5.41) is 3.74. The first-order valence-corrected chi connectivity index (χ1v) is 9.36. The predicted octanol–water partition coefficient (Wildman–Crippen LogP) is 5.51. The van der Waals surface area contributed by atoms with Crippen LogP contribution in [-0.4, -0.2) is 5.91 Å². The molecule has 4 rings (SSSR count). The molecule has 0 bridgehead atoms. The molecule has 136 valence electrons. The molecule has 0 aliphatic carbocycles. The van der Waals surface area contributed by atoms with Crippen LogP contribution in [0.4, 0.5) is 11.4 Å². The highest BCUT2D eigenvalue weighted by Gasteiger charge is 2.39. The first kappa shape index (κ1) is 17.3. The molecule has 3 heteroatoms. The minimum atomic E-state index is -0.304. The molecule has 1 aliphatic rings. The summed E-state index contributed by atoms with van der Waals surface area (Å²) in [6, 6.07) is 28.8. The van der Waals surface area contributed by atoms with E-state index in [1.54, 1.807) is 6.92 Å². The number of nitrogens with one attached hydrogen (secondary N) is 1. The zero-order valence-corrected chi connectivity index (χ0v) is 15.7. The van der Waals surface area contributed by atoms with E-state index < -0.39 is 0 Å². The van der Waals surface area contributed by atoms with Crippen LogP contribution in [0.25, 0.3) is 0 Å². The maximum absolute atomic E-state index is 12.7. The van der Waals surface area contributed by atoms with Crippen LogP contribution in [0.1, 0.15) is 37.4 Å². The Morgan fingerprint density at radius 1 is 0.926 bits per heavy atom. The van der Waals surface area contributed by atoms with Crippen molar-refractivity contribution in [2.24, 2.45) is 0 Å². The van der Waals surface area contributed by atoms with Crippen LogP contribution in [0.2, 0.25) is 0 Å². The summed E-state index contributed by atoms with van der Waals surface area (Å²) in [4.78, 5) is 14.7. The maximum atomic E-state index is 12.7. The van der Waals surface area contributed by atoms with E-state index in [1.807, 2.05) is 47.4 Å². The Bertz CT molecular complexity index is 939. The average molecular weight is 356 g/mol. The monoisotopic (exact) mass is 356 g/mol. The van der Waals surface area contributed by atoms with Crippen molar-refractivity contribution in [3.8, 4) is 0 Å². The lowest BCUT2D eigenvalue weighted by Crippen LogP contribution is -2.37. The van der Waals surface area contributed by atoms with E-state index in [-0.39, 0.29) is 17.5 Å². The predicted molar refractivity (Wildman–Crippen MR) is 111 cm³/mol. The van der Waals surface area contributed by atoms with Crippen molar-refractivity contribution < 1.29 is 4.79 Å². The van der Waals surface area contributed by atoms with Crippen molar-refractivity contribution in [3.05, 3.63) is 96.1 Å². The van der Waals surface area contributed by atoms with Gasteiger partial charge in [-0.15, -0.1) is 0 Å². The third-order valence-corrected chi connectivity index (χ3v) is 5.42. The van der Waals surface area contributed by atoms with Gasteiger partial charge in [0.1, 0.15) is 0 Å². The molecule has 1 aliphatic heterocycles. The van der Waals surface area contributed by atoms with Gasteiger partial charge in [-0.05, 0) is 36.6 Å². The second-order valence-electron chi connectivity index (χ2n) is 7.36. The van der Waals surface area contributed by atoms with Crippen LogP contribution in [0.5, 0.6) is 0 Å². The molecular formula is C24H24N2O. The number of carbonyl (C=O) groups is 1. The molecule has 3 nitrogen and oxygen atoms in total. The number of fused-ring (bicyclic) bond motifs is 1. The Morgan fingerprint density at radius 2 is 1.52 bits per heavy atom. The highest BCUT2D eigenvalue weighted by Crippen LogP contribution is 2.46. The number of hydrogen-bond donors (Lipinski definition) is 1. The quantitative estimate of drug-likeness (QED) is 0.656. The topological polar surface area (TPSA) is 32.3 Å². The van der Waals surface area contributed by atoms with Gasteiger partial charge in [0.05, 0.1) is 23.0 Å². The zero-order valence-electron chi connectivity index (χ0n) is 15.7. The average Bonchev–Trinajstić information content (AvgIpc) is 2.84. The Balaban J connectivity index is 1.92. The molecule has 27 heavy (non-hydrogen) atoms. The molecule has 0 fully saturated rings. The van der Waals surface area contributed by atoms with Crippen LogP contribution in [0.15, 0.2) is 84.9 Å². The van der Waals surface area contributed by atoms with Gasteiger partial charge < -0.3 is 10.2 Å². The van der Waals surface area contributed by atoms with E-state index in [0.717, 1.165) is 23.4 Å². The summed E-state index contributed by atoms with van der Waals surface area (Å²) >= 11 is 0. The number of hydrogen-bond acceptors (Lipinski definition) is 2. The number of nitrogens with zero attached hydrogens (tertiary/aromatic N) is 1. The summed E-state index contributed by atoms with van der Waals surface area (Å²) in [6.45, 7) is 3.87. The highest BCUT2D eigenvalue weighted by molar-refractivity contribution is 5.96. The fourth-order valence-electron chi connectivity index (χ4n) is 4.11. The molecule has 0 saturated heterocycles. The first-order valence-electron chi connectivity index (χ1n) is 9.36. The lowest BCUT2D eigenvalue weighted by atomic mass is 9.83. The lowest BCUT2D eigenvalue weighted by Gasteiger charge is -2.35. The third kappa shape index (κ3) is 3.21. The van der Waals surface area contributed by atoms with Crippen molar-refractivity contribution in [2.75, 3.05) is 10.2 Å². The molecule has 0 saturated carbocycles. The van der Waals surface area contributed by atoms with Crippen LogP contribution in [0.3, 0.4) is 0 Å². The molecule has 1 heterocycles. The van der Waals surface area contributed by atoms with Crippen LogP contribution < -0.4 is 10.2 Å². The first-order chi connectivity index (χ1) is 13.1. The third-order valence-electron chi connectivity index (χ3n) is 5.42.